The van der Waals surface area contributed by atoms with Crippen molar-refractivity contribution in [2.24, 2.45) is 0 Å². The van der Waals surface area contributed by atoms with E-state index in [1.807, 2.05) is 16.8 Å². The molecule has 0 spiro atoms. The van der Waals surface area contributed by atoms with E-state index in [-0.39, 0.29) is 11.4 Å². The third-order valence-corrected chi connectivity index (χ3v) is 3.17. The molecule has 2 heterocycles. The quantitative estimate of drug-likeness (QED) is 0.886. The molecule has 18 heavy (non-hydrogen) atoms. The smallest absolute Gasteiger partial charge is 0.254 e. The van der Waals surface area contributed by atoms with E-state index in [9.17, 15) is 9.18 Å². The lowest BCUT2D eigenvalue weighted by atomic mass is 10.2. The summed E-state index contributed by atoms with van der Waals surface area (Å²) < 4.78 is 13.5. The zero-order valence-corrected chi connectivity index (χ0v) is 10.3. The monoisotopic (exact) mass is 265 g/mol. The van der Waals surface area contributed by atoms with Crippen LogP contribution in [-0.4, -0.2) is 17.4 Å². The van der Waals surface area contributed by atoms with Gasteiger partial charge in [0.15, 0.2) is 11.6 Å². The molecule has 4 nitrogen and oxygen atoms in total. The normalized spacial score (nSPS) is 10.3. The minimum absolute atomic E-state index is 0.0761. The van der Waals surface area contributed by atoms with Crippen molar-refractivity contribution in [3.8, 4) is 0 Å². The van der Waals surface area contributed by atoms with Crippen LogP contribution in [0.2, 0.25) is 0 Å². The second-order valence-corrected chi connectivity index (χ2v) is 4.48. The third-order valence-electron chi connectivity index (χ3n) is 2.44. The Kier molecular flexibility index (Phi) is 3.88. The molecular formula is C12H12FN3OS. The predicted octanol–water partition coefficient (Wildman–Crippen LogP) is 1.84. The van der Waals surface area contributed by atoms with E-state index in [2.05, 4.69) is 10.3 Å². The van der Waals surface area contributed by atoms with Crippen LogP contribution < -0.4 is 11.1 Å². The number of hydrogen-bond donors (Lipinski definition) is 2. The number of anilines is 1. The maximum Gasteiger partial charge on any atom is 0.254 e. The Balaban J connectivity index is 1.93. The molecule has 3 N–H and O–H groups in total. The molecule has 0 aliphatic heterocycles. The van der Waals surface area contributed by atoms with E-state index in [4.69, 9.17) is 5.73 Å². The van der Waals surface area contributed by atoms with E-state index in [0.717, 1.165) is 12.0 Å². The lowest BCUT2D eigenvalue weighted by Gasteiger charge is -2.06. The summed E-state index contributed by atoms with van der Waals surface area (Å²) >= 11 is 1.60. The molecule has 2 aromatic rings. The molecule has 0 unspecified atom stereocenters. The second kappa shape index (κ2) is 5.59. The molecule has 0 aromatic carbocycles. The fourth-order valence-corrected chi connectivity index (χ4v) is 2.19. The topological polar surface area (TPSA) is 68.0 Å². The summed E-state index contributed by atoms with van der Waals surface area (Å²) in [5, 5.41) is 6.63. The summed E-state index contributed by atoms with van der Waals surface area (Å²) in [6, 6.07) is 3.30. The highest BCUT2D eigenvalue weighted by Gasteiger charge is 2.13. The number of hydrogen-bond acceptors (Lipinski definition) is 4. The van der Waals surface area contributed by atoms with Crippen LogP contribution >= 0.6 is 11.3 Å². The number of carbonyl (C=O) groups is 1. The molecule has 0 radical (unpaired) electrons. The van der Waals surface area contributed by atoms with Crippen LogP contribution in [0.3, 0.4) is 0 Å². The molecule has 0 aliphatic carbocycles. The highest BCUT2D eigenvalue weighted by molar-refractivity contribution is 7.07. The molecule has 0 atom stereocenters. The number of nitrogens with zero attached hydrogens (tertiary/aromatic N) is 1. The Morgan fingerprint density at radius 2 is 2.33 bits per heavy atom. The maximum absolute atomic E-state index is 13.5. The minimum atomic E-state index is -0.773. The van der Waals surface area contributed by atoms with Gasteiger partial charge in [-0.1, -0.05) is 0 Å². The molecule has 94 valence electrons. The van der Waals surface area contributed by atoms with Gasteiger partial charge in [-0.3, -0.25) is 4.79 Å². The van der Waals surface area contributed by atoms with Crippen LogP contribution in [-0.2, 0) is 6.42 Å². The molecule has 6 heteroatoms. The largest absolute Gasteiger partial charge is 0.381 e. The predicted molar refractivity (Wildman–Crippen MR) is 69.0 cm³/mol. The van der Waals surface area contributed by atoms with E-state index < -0.39 is 11.7 Å². The molecule has 0 saturated carbocycles. The summed E-state index contributed by atoms with van der Waals surface area (Å²) in [4.78, 5) is 15.3. The number of amides is 1. The van der Waals surface area contributed by atoms with Gasteiger partial charge in [-0.15, -0.1) is 0 Å². The van der Waals surface area contributed by atoms with Crippen molar-refractivity contribution in [3.05, 3.63) is 46.0 Å². The number of aromatic nitrogens is 1. The van der Waals surface area contributed by atoms with Gasteiger partial charge in [0.25, 0.3) is 5.91 Å². The van der Waals surface area contributed by atoms with Crippen LogP contribution in [0.4, 0.5) is 10.2 Å². The Morgan fingerprint density at radius 3 is 3.06 bits per heavy atom. The number of halogens is 1. The molecule has 0 saturated heterocycles. The minimum Gasteiger partial charge on any atom is -0.381 e. The first-order chi connectivity index (χ1) is 8.68. The van der Waals surface area contributed by atoms with Gasteiger partial charge in [0, 0.05) is 12.7 Å². The van der Waals surface area contributed by atoms with Gasteiger partial charge in [-0.2, -0.15) is 11.3 Å². The zero-order valence-electron chi connectivity index (χ0n) is 9.52. The van der Waals surface area contributed by atoms with Gasteiger partial charge in [-0.25, -0.2) is 9.37 Å². The standard InChI is InChI=1S/C12H12FN3OS/c13-10-9(2-5-15-11(10)14)12(17)16-4-1-8-3-6-18-7-8/h2-3,5-7H,1,4H2,(H2,14,15)(H,16,17). The molecule has 0 fully saturated rings. The van der Waals surface area contributed by atoms with Gasteiger partial charge in [-0.05, 0) is 34.9 Å². The first-order valence-electron chi connectivity index (χ1n) is 5.37. The zero-order chi connectivity index (χ0) is 13.0. The Labute approximate surface area is 108 Å². The summed E-state index contributed by atoms with van der Waals surface area (Å²) in [6.07, 6.45) is 2.03. The summed E-state index contributed by atoms with van der Waals surface area (Å²) in [5.41, 5.74) is 6.37. The average Bonchev–Trinajstić information content (AvgIpc) is 2.85. The molecule has 2 rings (SSSR count). The van der Waals surface area contributed by atoms with Crippen LogP contribution in [0, 0.1) is 5.82 Å². The van der Waals surface area contributed by atoms with Crippen LogP contribution in [0.15, 0.2) is 29.1 Å². The maximum atomic E-state index is 13.5. The number of nitrogens with two attached hydrogens (primary N) is 1. The van der Waals surface area contributed by atoms with Crippen molar-refractivity contribution >= 4 is 23.1 Å². The number of rotatable bonds is 4. The number of nitrogens with one attached hydrogen (secondary N) is 1. The van der Waals surface area contributed by atoms with Crippen LogP contribution in [0.1, 0.15) is 15.9 Å². The highest BCUT2D eigenvalue weighted by Crippen LogP contribution is 2.11. The van der Waals surface area contributed by atoms with Crippen molar-refractivity contribution in [2.45, 2.75) is 6.42 Å². The van der Waals surface area contributed by atoms with Crippen molar-refractivity contribution in [2.75, 3.05) is 12.3 Å². The van der Waals surface area contributed by atoms with Gasteiger partial charge in [0.05, 0.1) is 5.56 Å². The van der Waals surface area contributed by atoms with E-state index in [1.165, 1.54) is 12.3 Å². The Morgan fingerprint density at radius 1 is 1.50 bits per heavy atom. The first-order valence-corrected chi connectivity index (χ1v) is 6.32. The van der Waals surface area contributed by atoms with E-state index in [1.54, 1.807) is 11.3 Å². The molecule has 2 aromatic heterocycles. The highest BCUT2D eigenvalue weighted by atomic mass is 32.1. The van der Waals surface area contributed by atoms with Gasteiger partial charge in [0.2, 0.25) is 0 Å². The van der Waals surface area contributed by atoms with Crippen molar-refractivity contribution in [1.82, 2.24) is 10.3 Å². The second-order valence-electron chi connectivity index (χ2n) is 3.70. The molecule has 0 aliphatic rings. The number of thiophene rings is 1. The number of pyridine rings is 1. The van der Waals surface area contributed by atoms with Gasteiger partial charge >= 0.3 is 0 Å². The van der Waals surface area contributed by atoms with Crippen molar-refractivity contribution in [1.29, 1.82) is 0 Å². The average molecular weight is 265 g/mol. The fraction of sp³-hybridized carbons (Fsp3) is 0.167. The summed E-state index contributed by atoms with van der Waals surface area (Å²) in [7, 11) is 0. The number of carbonyl (C=O) groups excluding carboxylic acids is 1. The Bertz CT molecular complexity index is 542. The number of nitrogen functional groups attached to an aromatic ring is 1. The van der Waals surface area contributed by atoms with Gasteiger partial charge in [0.1, 0.15) is 0 Å². The lowest BCUT2D eigenvalue weighted by Crippen LogP contribution is -2.26. The van der Waals surface area contributed by atoms with Crippen LogP contribution in [0.5, 0.6) is 0 Å². The molecular weight excluding hydrogens is 253 g/mol. The summed E-state index contributed by atoms with van der Waals surface area (Å²) in [5.74, 6) is -1.51. The molecule has 1 amide bonds. The fourth-order valence-electron chi connectivity index (χ4n) is 1.49. The lowest BCUT2D eigenvalue weighted by molar-refractivity contribution is 0.0950. The summed E-state index contributed by atoms with van der Waals surface area (Å²) in [6.45, 7) is 0.456. The Hall–Kier alpha value is -1.95. The SMILES string of the molecule is Nc1nccc(C(=O)NCCc2ccsc2)c1F. The van der Waals surface area contributed by atoms with Crippen LogP contribution in [0.25, 0.3) is 0 Å². The third kappa shape index (κ3) is 2.84. The van der Waals surface area contributed by atoms with Gasteiger partial charge < -0.3 is 11.1 Å². The molecule has 0 bridgehead atoms. The van der Waals surface area contributed by atoms with Crippen molar-refractivity contribution < 1.29 is 9.18 Å². The first kappa shape index (κ1) is 12.5. The van der Waals surface area contributed by atoms with E-state index in [0.29, 0.717) is 6.54 Å². The van der Waals surface area contributed by atoms with E-state index >= 15 is 0 Å². The van der Waals surface area contributed by atoms with Crippen molar-refractivity contribution in [3.63, 3.8) is 0 Å².